The Hall–Kier alpha value is -2.54. The van der Waals surface area contributed by atoms with Gasteiger partial charge in [-0.1, -0.05) is 18.2 Å². The summed E-state index contributed by atoms with van der Waals surface area (Å²) in [4.78, 5) is 21.0. The average Bonchev–Trinajstić information content (AvgIpc) is 2.46. The largest absolute Gasteiger partial charge is 0.478 e. The van der Waals surface area contributed by atoms with E-state index < -0.39 is 22.3 Å². The number of hydrogen-bond donors (Lipinski definition) is 1. The number of benzene rings is 2. The van der Waals surface area contributed by atoms with Crippen molar-refractivity contribution in [1.29, 1.82) is 0 Å². The molecule has 0 bridgehead atoms. The van der Waals surface area contributed by atoms with E-state index in [-0.39, 0.29) is 15.7 Å². The lowest BCUT2D eigenvalue weighted by Gasteiger charge is -2.04. The first-order valence-corrected chi connectivity index (χ1v) is 6.83. The molecule has 0 atom stereocenters. The number of nitro benzene ring substituents is 1. The fourth-order valence-corrected chi connectivity index (χ4v) is 2.26. The van der Waals surface area contributed by atoms with Crippen LogP contribution in [0.5, 0.6) is 0 Å². The van der Waals surface area contributed by atoms with Crippen molar-refractivity contribution in [3.63, 3.8) is 0 Å². The summed E-state index contributed by atoms with van der Waals surface area (Å²) in [6.45, 7) is 0. The van der Waals surface area contributed by atoms with Gasteiger partial charge in [-0.15, -0.1) is 0 Å². The van der Waals surface area contributed by atoms with Crippen LogP contribution in [0.25, 0.3) is 12.2 Å². The molecule has 7 heteroatoms. The lowest BCUT2D eigenvalue weighted by Crippen LogP contribution is -2.03. The van der Waals surface area contributed by atoms with Crippen molar-refractivity contribution in [3.8, 4) is 0 Å². The Labute approximate surface area is 133 Å². The Morgan fingerprint density at radius 1 is 1.18 bits per heavy atom. The quantitative estimate of drug-likeness (QED) is 0.495. The predicted octanol–water partition coefficient (Wildman–Crippen LogP) is 4.37. The highest BCUT2D eigenvalue weighted by Gasteiger charge is 2.16. The number of nitro groups is 1. The van der Waals surface area contributed by atoms with E-state index in [0.717, 1.165) is 0 Å². The van der Waals surface area contributed by atoms with Gasteiger partial charge in [-0.2, -0.15) is 0 Å². The number of aromatic carboxylic acids is 1. The molecular weight excluding hydrogens is 357 g/mol. The minimum atomic E-state index is -1.37. The summed E-state index contributed by atoms with van der Waals surface area (Å²) < 4.78 is 14.3. The van der Waals surface area contributed by atoms with Crippen molar-refractivity contribution in [2.75, 3.05) is 0 Å². The topological polar surface area (TPSA) is 80.4 Å². The van der Waals surface area contributed by atoms with Crippen molar-refractivity contribution in [2.45, 2.75) is 0 Å². The Morgan fingerprint density at radius 2 is 1.82 bits per heavy atom. The molecule has 0 unspecified atom stereocenters. The van der Waals surface area contributed by atoms with Crippen LogP contribution >= 0.6 is 15.9 Å². The van der Waals surface area contributed by atoms with Crippen molar-refractivity contribution in [2.24, 2.45) is 0 Å². The molecule has 0 spiro atoms. The van der Waals surface area contributed by atoms with E-state index in [9.17, 15) is 19.3 Å². The van der Waals surface area contributed by atoms with Crippen LogP contribution in [-0.4, -0.2) is 16.0 Å². The second-order valence-corrected chi connectivity index (χ2v) is 5.17. The van der Waals surface area contributed by atoms with Crippen LogP contribution in [0.2, 0.25) is 0 Å². The second kappa shape index (κ2) is 6.48. The highest BCUT2D eigenvalue weighted by Crippen LogP contribution is 2.24. The molecule has 0 aromatic heterocycles. The van der Waals surface area contributed by atoms with E-state index in [1.807, 2.05) is 0 Å². The van der Waals surface area contributed by atoms with Crippen molar-refractivity contribution in [3.05, 3.63) is 73.5 Å². The third-order valence-corrected chi connectivity index (χ3v) is 3.55. The molecule has 0 amide bonds. The normalized spacial score (nSPS) is 10.8. The molecule has 2 rings (SSSR count). The lowest BCUT2D eigenvalue weighted by molar-refractivity contribution is -0.384. The van der Waals surface area contributed by atoms with Gasteiger partial charge in [0.1, 0.15) is 11.4 Å². The molecule has 0 heterocycles. The van der Waals surface area contributed by atoms with Crippen LogP contribution in [-0.2, 0) is 0 Å². The first-order valence-electron chi connectivity index (χ1n) is 6.04. The number of carboxylic acids is 1. The molecule has 0 aliphatic carbocycles. The zero-order chi connectivity index (χ0) is 16.3. The van der Waals surface area contributed by atoms with E-state index in [4.69, 9.17) is 5.11 Å². The van der Waals surface area contributed by atoms with E-state index in [2.05, 4.69) is 15.9 Å². The van der Waals surface area contributed by atoms with E-state index >= 15 is 0 Å². The molecule has 2 aromatic carbocycles. The van der Waals surface area contributed by atoms with Crippen LogP contribution in [0.4, 0.5) is 10.1 Å². The minimum absolute atomic E-state index is 0.0415. The third-order valence-electron chi connectivity index (χ3n) is 2.89. The number of nitrogens with zero attached hydrogens (tertiary/aromatic N) is 1. The van der Waals surface area contributed by atoms with Gasteiger partial charge in [-0.25, -0.2) is 9.18 Å². The number of hydrogen-bond acceptors (Lipinski definition) is 3. The highest BCUT2D eigenvalue weighted by atomic mass is 79.9. The molecular formula is C15H9BrFNO4. The van der Waals surface area contributed by atoms with Crippen molar-refractivity contribution in [1.82, 2.24) is 0 Å². The van der Waals surface area contributed by atoms with Crippen LogP contribution in [0.3, 0.4) is 0 Å². The third kappa shape index (κ3) is 3.37. The zero-order valence-electron chi connectivity index (χ0n) is 11.0. The molecule has 0 saturated heterocycles. The second-order valence-electron chi connectivity index (χ2n) is 4.31. The maximum absolute atomic E-state index is 14.1. The Balaban J connectivity index is 2.32. The Morgan fingerprint density at radius 3 is 2.36 bits per heavy atom. The maximum atomic E-state index is 14.1. The van der Waals surface area contributed by atoms with Gasteiger partial charge in [-0.3, -0.25) is 10.1 Å². The van der Waals surface area contributed by atoms with Gasteiger partial charge in [0.25, 0.3) is 5.69 Å². The fourth-order valence-electron chi connectivity index (χ4n) is 1.79. The number of rotatable bonds is 4. The number of non-ortho nitro benzene ring substituents is 1. The number of carbonyl (C=O) groups is 1. The Bertz CT molecular complexity index is 772. The fraction of sp³-hybridized carbons (Fsp3) is 0. The average molecular weight is 366 g/mol. The van der Waals surface area contributed by atoms with Crippen molar-refractivity contribution < 1.29 is 19.2 Å². The molecule has 1 N–H and O–H groups in total. The minimum Gasteiger partial charge on any atom is -0.478 e. The first-order chi connectivity index (χ1) is 10.4. The molecule has 0 fully saturated rings. The Kier molecular flexibility index (Phi) is 4.67. The standard InChI is InChI=1S/C15H9BrFNO4/c16-12-8-5-10(14(17)13(12)15(19)20)4-1-9-2-6-11(7-3-9)18(21)22/h1-8H,(H,19,20)/b4-1+. The predicted molar refractivity (Wildman–Crippen MR) is 83.1 cm³/mol. The maximum Gasteiger partial charge on any atom is 0.339 e. The van der Waals surface area contributed by atoms with Gasteiger partial charge in [0.05, 0.1) is 4.92 Å². The van der Waals surface area contributed by atoms with Crippen LogP contribution in [0.15, 0.2) is 40.9 Å². The zero-order valence-corrected chi connectivity index (χ0v) is 12.6. The van der Waals surface area contributed by atoms with Crippen LogP contribution in [0, 0.1) is 15.9 Å². The molecule has 0 radical (unpaired) electrons. The summed E-state index contributed by atoms with van der Waals surface area (Å²) in [6.07, 6.45) is 2.96. The van der Waals surface area contributed by atoms with Crippen molar-refractivity contribution >= 4 is 39.7 Å². The van der Waals surface area contributed by atoms with E-state index in [1.54, 1.807) is 6.08 Å². The number of halogens is 2. The van der Waals surface area contributed by atoms with Gasteiger partial charge in [-0.05, 0) is 39.7 Å². The molecule has 5 nitrogen and oxygen atoms in total. The molecule has 0 saturated carbocycles. The monoisotopic (exact) mass is 365 g/mol. The SMILES string of the molecule is O=C(O)c1c(Br)ccc(/C=C/c2ccc([N+](=O)[O-])cc2)c1F. The summed E-state index contributed by atoms with van der Waals surface area (Å²) in [7, 11) is 0. The molecule has 0 aliphatic rings. The summed E-state index contributed by atoms with van der Waals surface area (Å²) in [6, 6.07) is 8.59. The van der Waals surface area contributed by atoms with E-state index in [1.165, 1.54) is 42.5 Å². The summed E-state index contributed by atoms with van der Waals surface area (Å²) >= 11 is 2.99. The van der Waals surface area contributed by atoms with Gasteiger partial charge in [0, 0.05) is 22.2 Å². The van der Waals surface area contributed by atoms with Crippen LogP contribution < -0.4 is 0 Å². The van der Waals surface area contributed by atoms with E-state index in [0.29, 0.717) is 5.56 Å². The molecule has 22 heavy (non-hydrogen) atoms. The highest BCUT2D eigenvalue weighted by molar-refractivity contribution is 9.10. The first kappa shape index (κ1) is 15.8. The molecule has 112 valence electrons. The molecule has 2 aromatic rings. The molecule has 0 aliphatic heterocycles. The summed E-state index contributed by atoms with van der Waals surface area (Å²) in [5, 5.41) is 19.5. The van der Waals surface area contributed by atoms with Gasteiger partial charge in [0.2, 0.25) is 0 Å². The summed E-state index contributed by atoms with van der Waals surface area (Å²) in [5.41, 5.74) is 0.259. The van der Waals surface area contributed by atoms with Gasteiger partial charge in [0.15, 0.2) is 0 Å². The van der Waals surface area contributed by atoms with Gasteiger partial charge >= 0.3 is 5.97 Å². The number of carboxylic acid groups (broad SMARTS) is 1. The summed E-state index contributed by atoms with van der Waals surface area (Å²) in [5.74, 6) is -2.21. The van der Waals surface area contributed by atoms with Gasteiger partial charge < -0.3 is 5.11 Å². The lowest BCUT2D eigenvalue weighted by atomic mass is 10.1. The van der Waals surface area contributed by atoms with Crippen LogP contribution in [0.1, 0.15) is 21.5 Å². The smallest absolute Gasteiger partial charge is 0.339 e.